The fourth-order valence-corrected chi connectivity index (χ4v) is 10.4. The van der Waals surface area contributed by atoms with Crippen LogP contribution < -0.4 is 0 Å². The SMILES string of the molecule is C=Nc1ccccc1/C(=N\Cn1c2ccccc2c2cc(-c3ccc(C(C)(C)C(=CBr)c4cccc5c4C=CCC5)c(C)c3)ccc21)c1ccc(-c2ccccc2C)c(C)c1. The van der Waals surface area contributed by atoms with Gasteiger partial charge in [0.25, 0.3) is 0 Å². The van der Waals surface area contributed by atoms with Gasteiger partial charge in [-0.25, -0.2) is 0 Å². The molecule has 0 unspecified atom stereocenters. The van der Waals surface area contributed by atoms with Crippen LogP contribution in [0.15, 0.2) is 167 Å². The van der Waals surface area contributed by atoms with Crippen LogP contribution in [0, 0.1) is 20.8 Å². The van der Waals surface area contributed by atoms with Crippen LogP contribution in [0.4, 0.5) is 5.69 Å². The highest BCUT2D eigenvalue weighted by molar-refractivity contribution is 9.11. The van der Waals surface area contributed by atoms with Gasteiger partial charge < -0.3 is 4.57 Å². The monoisotopic (exact) mass is 855 g/mol. The molecule has 0 bridgehead atoms. The molecule has 0 aliphatic heterocycles. The van der Waals surface area contributed by atoms with Gasteiger partial charge in [0.15, 0.2) is 0 Å². The number of hydrogen-bond donors (Lipinski definition) is 0. The third-order valence-electron chi connectivity index (χ3n) is 12.8. The quantitative estimate of drug-likeness (QED) is 0.123. The van der Waals surface area contributed by atoms with Crippen molar-refractivity contribution in [3.63, 3.8) is 0 Å². The van der Waals surface area contributed by atoms with Crippen molar-refractivity contribution >= 4 is 67.5 Å². The number of aliphatic imine (C=N–C) groups is 2. The lowest BCUT2D eigenvalue weighted by atomic mass is 9.72. The lowest BCUT2D eigenvalue weighted by molar-refractivity contribution is 0.687. The van der Waals surface area contributed by atoms with Crippen LogP contribution >= 0.6 is 15.9 Å². The van der Waals surface area contributed by atoms with Gasteiger partial charge in [-0.2, -0.15) is 0 Å². The summed E-state index contributed by atoms with van der Waals surface area (Å²) in [5, 5.41) is 2.43. The molecule has 0 fully saturated rings. The number of nitrogens with zero attached hydrogens (tertiary/aromatic N) is 3. The van der Waals surface area contributed by atoms with Gasteiger partial charge >= 0.3 is 0 Å². The molecule has 0 spiro atoms. The Morgan fingerprint density at radius 1 is 0.689 bits per heavy atom. The number of para-hydroxylation sites is 2. The van der Waals surface area contributed by atoms with Crippen LogP contribution in [-0.4, -0.2) is 17.0 Å². The molecule has 61 heavy (non-hydrogen) atoms. The second kappa shape index (κ2) is 16.6. The summed E-state index contributed by atoms with van der Waals surface area (Å²) in [6.45, 7) is 15.7. The fourth-order valence-electron chi connectivity index (χ4n) is 9.58. The van der Waals surface area contributed by atoms with Gasteiger partial charge in [-0.1, -0.05) is 157 Å². The molecule has 0 N–H and O–H groups in total. The first-order valence-electron chi connectivity index (χ1n) is 21.2. The first-order chi connectivity index (χ1) is 29.7. The predicted octanol–water partition coefficient (Wildman–Crippen LogP) is 15.6. The molecule has 1 aliphatic rings. The van der Waals surface area contributed by atoms with Gasteiger partial charge in [-0.05, 0) is 142 Å². The van der Waals surface area contributed by atoms with Crippen molar-refractivity contribution in [1.29, 1.82) is 0 Å². The van der Waals surface area contributed by atoms with E-state index in [2.05, 4.69) is 217 Å². The molecule has 1 aliphatic carbocycles. The van der Waals surface area contributed by atoms with Gasteiger partial charge in [0.1, 0.15) is 6.67 Å². The first-order valence-corrected chi connectivity index (χ1v) is 22.1. The van der Waals surface area contributed by atoms with Crippen LogP contribution in [0.25, 0.3) is 55.7 Å². The molecule has 8 aromatic rings. The van der Waals surface area contributed by atoms with E-state index in [4.69, 9.17) is 4.99 Å². The van der Waals surface area contributed by atoms with Crippen LogP contribution in [0.1, 0.15) is 70.3 Å². The molecule has 1 aromatic heterocycles. The van der Waals surface area contributed by atoms with E-state index in [1.807, 2.05) is 12.1 Å². The highest BCUT2D eigenvalue weighted by atomic mass is 79.9. The molecule has 3 nitrogen and oxygen atoms in total. The summed E-state index contributed by atoms with van der Waals surface area (Å²) in [6.07, 6.45) is 6.80. The Labute approximate surface area is 368 Å². The molecule has 0 atom stereocenters. The normalized spacial score (nSPS) is 13.2. The van der Waals surface area contributed by atoms with Crippen molar-refractivity contribution < 1.29 is 0 Å². The minimum absolute atomic E-state index is 0.229. The highest BCUT2D eigenvalue weighted by Gasteiger charge is 2.30. The van der Waals surface area contributed by atoms with E-state index in [-0.39, 0.29) is 5.41 Å². The van der Waals surface area contributed by atoms with Crippen molar-refractivity contribution in [2.75, 3.05) is 0 Å². The van der Waals surface area contributed by atoms with E-state index >= 15 is 0 Å². The van der Waals surface area contributed by atoms with Gasteiger partial charge in [-0.15, -0.1) is 0 Å². The predicted molar refractivity (Wildman–Crippen MR) is 266 cm³/mol. The Balaban J connectivity index is 1.09. The third-order valence-corrected chi connectivity index (χ3v) is 13.2. The number of benzene rings is 7. The van der Waals surface area contributed by atoms with Crippen molar-refractivity contribution in [3.05, 3.63) is 207 Å². The van der Waals surface area contributed by atoms with E-state index in [0.717, 1.165) is 46.4 Å². The molecule has 300 valence electrons. The maximum atomic E-state index is 5.45. The lowest BCUT2D eigenvalue weighted by Gasteiger charge is -2.32. The molecule has 0 amide bonds. The van der Waals surface area contributed by atoms with Crippen molar-refractivity contribution in [2.45, 2.75) is 59.5 Å². The summed E-state index contributed by atoms with van der Waals surface area (Å²) < 4.78 is 2.34. The Morgan fingerprint density at radius 3 is 2.21 bits per heavy atom. The number of aromatic nitrogens is 1. The van der Waals surface area contributed by atoms with Gasteiger partial charge in [0.05, 0.1) is 22.4 Å². The summed E-state index contributed by atoms with van der Waals surface area (Å²) >= 11 is 3.80. The number of aryl methyl sites for hydroxylation is 4. The van der Waals surface area contributed by atoms with E-state index in [1.54, 1.807) is 0 Å². The smallest absolute Gasteiger partial charge is 0.115 e. The molecule has 0 saturated carbocycles. The highest BCUT2D eigenvalue weighted by Crippen LogP contribution is 2.44. The van der Waals surface area contributed by atoms with Crippen LogP contribution in [0.5, 0.6) is 0 Å². The molecule has 7 aromatic carbocycles. The van der Waals surface area contributed by atoms with Crippen LogP contribution in [0.3, 0.4) is 0 Å². The maximum Gasteiger partial charge on any atom is 0.115 e. The third kappa shape index (κ3) is 7.34. The van der Waals surface area contributed by atoms with E-state index in [1.165, 1.54) is 77.5 Å². The first kappa shape index (κ1) is 40.1. The maximum absolute atomic E-state index is 5.45. The zero-order chi connectivity index (χ0) is 42.3. The molecule has 0 saturated heterocycles. The van der Waals surface area contributed by atoms with Crippen LogP contribution in [0.2, 0.25) is 0 Å². The van der Waals surface area contributed by atoms with Crippen molar-refractivity contribution in [1.82, 2.24) is 4.57 Å². The Kier molecular flexibility index (Phi) is 10.9. The summed E-state index contributed by atoms with van der Waals surface area (Å²) in [5.74, 6) is 0. The standard InChI is InChI=1S/C57H50BrN3/c1-37-16-7-9-19-44(37)45-29-26-43(32-38(45)2)56(49-22-11-13-24-53(49)59-6)60-36-61-54-25-14-12-21-48(54)50-34-42(28-31-55(50)61)41-27-30-51(39(3)33-41)57(4,5)52(35-58)47-23-15-18-40-17-8-10-20-46(40)47/h7,9-16,18-35H,6,8,17,36H2,1-5H3/b52-35?,60-56-. The molecule has 4 heteroatoms. The number of hydrogen-bond acceptors (Lipinski definition) is 2. The fraction of sp³-hybridized carbons (Fsp3) is 0.158. The van der Waals surface area contributed by atoms with E-state index in [9.17, 15) is 0 Å². The summed E-state index contributed by atoms with van der Waals surface area (Å²) in [6, 6.07) is 52.7. The topological polar surface area (TPSA) is 29.6 Å². The minimum Gasteiger partial charge on any atom is -0.320 e. The Hall–Kier alpha value is -6.36. The zero-order valence-corrected chi connectivity index (χ0v) is 37.2. The average Bonchev–Trinajstić information content (AvgIpc) is 3.59. The van der Waals surface area contributed by atoms with Gasteiger partial charge in [0, 0.05) is 27.3 Å². The van der Waals surface area contributed by atoms with Crippen molar-refractivity contribution in [2.24, 2.45) is 9.98 Å². The molecular formula is C57H50BrN3. The number of allylic oxidation sites excluding steroid dienone is 2. The number of halogens is 1. The van der Waals surface area contributed by atoms with Crippen LogP contribution in [-0.2, 0) is 18.5 Å². The van der Waals surface area contributed by atoms with Gasteiger partial charge in [0.2, 0.25) is 0 Å². The molecule has 1 heterocycles. The molecule has 9 rings (SSSR count). The molecule has 0 radical (unpaired) electrons. The number of fused-ring (bicyclic) bond motifs is 4. The van der Waals surface area contributed by atoms with Gasteiger partial charge in [-0.3, -0.25) is 9.98 Å². The second-order valence-electron chi connectivity index (χ2n) is 16.8. The largest absolute Gasteiger partial charge is 0.320 e. The van der Waals surface area contributed by atoms with Crippen molar-refractivity contribution in [3.8, 4) is 22.3 Å². The summed E-state index contributed by atoms with van der Waals surface area (Å²) in [5.41, 5.74) is 21.1. The zero-order valence-electron chi connectivity index (χ0n) is 35.6. The minimum atomic E-state index is -0.229. The number of rotatable bonds is 10. The lowest BCUT2D eigenvalue weighted by Crippen LogP contribution is -2.21. The summed E-state index contributed by atoms with van der Waals surface area (Å²) in [7, 11) is 0. The Morgan fingerprint density at radius 2 is 1.41 bits per heavy atom. The molecular weight excluding hydrogens is 807 g/mol. The Bertz CT molecular complexity index is 3100. The van der Waals surface area contributed by atoms with E-state index < -0.39 is 0 Å². The van der Waals surface area contributed by atoms with E-state index in [0.29, 0.717) is 6.67 Å². The summed E-state index contributed by atoms with van der Waals surface area (Å²) in [4.78, 5) is 12.0. The average molecular weight is 857 g/mol. The second-order valence-corrected chi connectivity index (χ2v) is 17.3.